The van der Waals surface area contributed by atoms with Gasteiger partial charge in [-0.3, -0.25) is 4.79 Å². The van der Waals surface area contributed by atoms with Crippen LogP contribution in [0.3, 0.4) is 0 Å². The number of halogens is 1. The van der Waals surface area contributed by atoms with Gasteiger partial charge in [0.25, 0.3) is 5.91 Å². The summed E-state index contributed by atoms with van der Waals surface area (Å²) in [5, 5.41) is 2.78. The van der Waals surface area contributed by atoms with Gasteiger partial charge < -0.3 is 14.8 Å². The van der Waals surface area contributed by atoms with E-state index in [2.05, 4.69) is 26.2 Å². The first-order valence-corrected chi connectivity index (χ1v) is 6.85. The second-order valence-corrected chi connectivity index (χ2v) is 5.00. The summed E-state index contributed by atoms with van der Waals surface area (Å²) >= 11 is 3.30. The maximum absolute atomic E-state index is 12.1. The van der Waals surface area contributed by atoms with Gasteiger partial charge >= 0.3 is 0 Å². The molecule has 0 saturated carbocycles. The fourth-order valence-electron chi connectivity index (χ4n) is 1.86. The molecule has 0 saturated heterocycles. The van der Waals surface area contributed by atoms with Crippen LogP contribution in [0.2, 0.25) is 0 Å². The molecule has 1 aliphatic heterocycles. The molecule has 1 aliphatic rings. The van der Waals surface area contributed by atoms with Gasteiger partial charge in [0.15, 0.2) is 11.5 Å². The summed E-state index contributed by atoms with van der Waals surface area (Å²) in [6, 6.07) is 8.81. The van der Waals surface area contributed by atoms with E-state index in [-0.39, 0.29) is 5.91 Å². The molecule has 5 nitrogen and oxygen atoms in total. The van der Waals surface area contributed by atoms with Gasteiger partial charge in [0, 0.05) is 22.4 Å². The Morgan fingerprint density at radius 3 is 2.80 bits per heavy atom. The average molecular weight is 335 g/mol. The monoisotopic (exact) mass is 334 g/mol. The lowest BCUT2D eigenvalue weighted by molar-refractivity contribution is 0.102. The predicted molar refractivity (Wildman–Crippen MR) is 77.3 cm³/mol. The lowest BCUT2D eigenvalue weighted by Gasteiger charge is -2.19. The van der Waals surface area contributed by atoms with Crippen molar-refractivity contribution in [2.75, 3.05) is 18.5 Å². The number of aromatic nitrogens is 1. The molecule has 6 heteroatoms. The van der Waals surface area contributed by atoms with Crippen molar-refractivity contribution >= 4 is 27.5 Å². The Bertz CT molecular complexity index is 661. The molecule has 0 fully saturated rings. The summed E-state index contributed by atoms with van der Waals surface area (Å²) in [4.78, 5) is 16.2. The van der Waals surface area contributed by atoms with Crippen LogP contribution in [0.25, 0.3) is 0 Å². The third kappa shape index (κ3) is 2.60. The highest BCUT2D eigenvalue weighted by molar-refractivity contribution is 9.10. The number of hydrogen-bond donors (Lipinski definition) is 1. The molecule has 0 unspecified atom stereocenters. The van der Waals surface area contributed by atoms with Crippen LogP contribution in [0.1, 0.15) is 10.5 Å². The van der Waals surface area contributed by atoms with Crippen molar-refractivity contribution in [3.05, 3.63) is 46.7 Å². The van der Waals surface area contributed by atoms with E-state index in [0.717, 1.165) is 0 Å². The van der Waals surface area contributed by atoms with Crippen LogP contribution < -0.4 is 14.8 Å². The molecule has 2 heterocycles. The van der Waals surface area contributed by atoms with Crippen LogP contribution in [0.5, 0.6) is 11.5 Å². The van der Waals surface area contributed by atoms with E-state index in [4.69, 9.17) is 9.47 Å². The molecule has 102 valence electrons. The zero-order chi connectivity index (χ0) is 13.9. The first kappa shape index (κ1) is 12.9. The van der Waals surface area contributed by atoms with Crippen molar-refractivity contribution in [3.8, 4) is 11.5 Å². The minimum Gasteiger partial charge on any atom is -0.486 e. The van der Waals surface area contributed by atoms with Crippen molar-refractivity contribution in [2.24, 2.45) is 0 Å². The standard InChI is InChI=1S/C14H11BrN2O3/c15-10-2-1-5-16-13(10)14(18)17-9-3-4-11-12(8-9)20-7-6-19-11/h1-5,8H,6-7H2,(H,17,18). The lowest BCUT2D eigenvalue weighted by Crippen LogP contribution is -2.17. The van der Waals surface area contributed by atoms with Gasteiger partial charge in [-0.05, 0) is 40.2 Å². The predicted octanol–water partition coefficient (Wildman–Crippen LogP) is 2.87. The highest BCUT2D eigenvalue weighted by Gasteiger charge is 2.15. The zero-order valence-electron chi connectivity index (χ0n) is 10.4. The number of anilines is 1. The Hall–Kier alpha value is -2.08. The summed E-state index contributed by atoms with van der Waals surface area (Å²) in [5.74, 6) is 1.04. The summed E-state index contributed by atoms with van der Waals surface area (Å²) in [6.07, 6.45) is 1.57. The molecule has 1 N–H and O–H groups in total. The molecule has 3 rings (SSSR count). The highest BCUT2D eigenvalue weighted by Crippen LogP contribution is 2.32. The average Bonchev–Trinajstić information content (AvgIpc) is 2.47. The first-order valence-electron chi connectivity index (χ1n) is 6.05. The number of pyridine rings is 1. The van der Waals surface area contributed by atoms with Crippen LogP contribution in [0.15, 0.2) is 41.0 Å². The molecule has 0 bridgehead atoms. The van der Waals surface area contributed by atoms with Gasteiger partial charge in [-0.15, -0.1) is 0 Å². The maximum Gasteiger partial charge on any atom is 0.275 e. The molecule has 1 amide bonds. The topological polar surface area (TPSA) is 60.5 Å². The molecule has 1 aromatic carbocycles. The van der Waals surface area contributed by atoms with Gasteiger partial charge in [-0.25, -0.2) is 4.98 Å². The van der Waals surface area contributed by atoms with E-state index in [9.17, 15) is 4.79 Å². The van der Waals surface area contributed by atoms with E-state index < -0.39 is 0 Å². The number of nitrogens with zero attached hydrogens (tertiary/aromatic N) is 1. The van der Waals surface area contributed by atoms with Crippen LogP contribution in [0, 0.1) is 0 Å². The van der Waals surface area contributed by atoms with Gasteiger partial charge in [-0.1, -0.05) is 0 Å². The molecular formula is C14H11BrN2O3. The summed E-state index contributed by atoms with van der Waals surface area (Å²) < 4.78 is 11.6. The number of carbonyl (C=O) groups excluding carboxylic acids is 1. The third-order valence-corrected chi connectivity index (χ3v) is 3.41. The van der Waals surface area contributed by atoms with Crippen molar-refractivity contribution in [2.45, 2.75) is 0 Å². The van der Waals surface area contributed by atoms with Crippen molar-refractivity contribution < 1.29 is 14.3 Å². The Kier molecular flexibility index (Phi) is 3.56. The molecule has 0 atom stereocenters. The SMILES string of the molecule is O=C(Nc1ccc2c(c1)OCCO2)c1ncccc1Br. The van der Waals surface area contributed by atoms with Crippen LogP contribution in [-0.4, -0.2) is 24.1 Å². The minimum absolute atomic E-state index is 0.283. The largest absolute Gasteiger partial charge is 0.486 e. The van der Waals surface area contributed by atoms with Gasteiger partial charge in [0.1, 0.15) is 18.9 Å². The maximum atomic E-state index is 12.1. The Morgan fingerprint density at radius 1 is 1.20 bits per heavy atom. The van der Waals surface area contributed by atoms with Crippen LogP contribution in [-0.2, 0) is 0 Å². The number of fused-ring (bicyclic) bond motifs is 1. The number of benzene rings is 1. The first-order chi connectivity index (χ1) is 9.74. The highest BCUT2D eigenvalue weighted by atomic mass is 79.9. The second-order valence-electron chi connectivity index (χ2n) is 4.15. The third-order valence-electron chi connectivity index (χ3n) is 2.77. The quantitative estimate of drug-likeness (QED) is 0.917. The van der Waals surface area contributed by atoms with E-state index in [1.54, 1.807) is 36.5 Å². The summed E-state index contributed by atoms with van der Waals surface area (Å²) in [5.41, 5.74) is 0.971. The van der Waals surface area contributed by atoms with Gasteiger partial charge in [0.05, 0.1) is 0 Å². The molecule has 0 radical (unpaired) electrons. The summed E-state index contributed by atoms with van der Waals surface area (Å²) in [7, 11) is 0. The molecular weight excluding hydrogens is 324 g/mol. The molecule has 0 spiro atoms. The molecule has 0 aliphatic carbocycles. The minimum atomic E-state index is -0.283. The number of nitrogens with one attached hydrogen (secondary N) is 1. The number of amides is 1. The Morgan fingerprint density at radius 2 is 2.00 bits per heavy atom. The van der Waals surface area contributed by atoms with Gasteiger partial charge in [0.2, 0.25) is 0 Å². The Balaban J connectivity index is 1.81. The van der Waals surface area contributed by atoms with E-state index in [1.807, 2.05) is 0 Å². The number of rotatable bonds is 2. The molecule has 1 aromatic heterocycles. The fraction of sp³-hybridized carbons (Fsp3) is 0.143. The molecule has 2 aromatic rings. The second kappa shape index (κ2) is 5.50. The van der Waals surface area contributed by atoms with E-state index in [1.165, 1.54) is 0 Å². The number of hydrogen-bond acceptors (Lipinski definition) is 4. The normalized spacial score (nSPS) is 12.8. The van der Waals surface area contributed by atoms with Crippen molar-refractivity contribution in [1.82, 2.24) is 4.98 Å². The zero-order valence-corrected chi connectivity index (χ0v) is 12.0. The Labute approximate surface area is 124 Å². The van der Waals surface area contributed by atoms with Crippen molar-refractivity contribution in [3.63, 3.8) is 0 Å². The number of carbonyl (C=O) groups is 1. The fourth-order valence-corrected chi connectivity index (χ4v) is 2.30. The smallest absolute Gasteiger partial charge is 0.275 e. The van der Waals surface area contributed by atoms with Crippen LogP contribution >= 0.6 is 15.9 Å². The van der Waals surface area contributed by atoms with E-state index >= 15 is 0 Å². The van der Waals surface area contributed by atoms with Gasteiger partial charge in [-0.2, -0.15) is 0 Å². The molecule has 20 heavy (non-hydrogen) atoms. The summed E-state index contributed by atoms with van der Waals surface area (Å²) in [6.45, 7) is 1.05. The van der Waals surface area contributed by atoms with Crippen LogP contribution in [0.4, 0.5) is 5.69 Å². The van der Waals surface area contributed by atoms with E-state index in [0.29, 0.717) is 40.6 Å². The number of ether oxygens (including phenoxy) is 2. The lowest BCUT2D eigenvalue weighted by atomic mass is 10.2. The van der Waals surface area contributed by atoms with Crippen molar-refractivity contribution in [1.29, 1.82) is 0 Å².